The summed E-state index contributed by atoms with van der Waals surface area (Å²) in [4.78, 5) is 29.3. The van der Waals surface area contributed by atoms with E-state index < -0.39 is 20.5 Å². The van der Waals surface area contributed by atoms with Crippen LogP contribution in [0.2, 0.25) is 0 Å². The van der Waals surface area contributed by atoms with Crippen LogP contribution in [0.3, 0.4) is 0 Å². The van der Waals surface area contributed by atoms with Gasteiger partial charge in [0.15, 0.2) is 0 Å². The summed E-state index contributed by atoms with van der Waals surface area (Å²) in [6.45, 7) is 4.03. The average molecular weight is 537 g/mol. The van der Waals surface area contributed by atoms with E-state index in [1.54, 1.807) is 0 Å². The van der Waals surface area contributed by atoms with Crippen LogP contribution in [0.4, 0.5) is 5.69 Å². The van der Waals surface area contributed by atoms with Crippen molar-refractivity contribution in [3.63, 3.8) is 0 Å². The van der Waals surface area contributed by atoms with Gasteiger partial charge in [-0.1, -0.05) is 86.5 Å². The summed E-state index contributed by atoms with van der Waals surface area (Å²) in [7, 11) is 0. The molecule has 2 bridgehead atoms. The molecule has 2 atom stereocenters. The molecule has 0 spiro atoms. The van der Waals surface area contributed by atoms with E-state index in [0.717, 1.165) is 33.4 Å². The molecule has 3 nitrogen and oxygen atoms in total. The standard InChI is InChI=1S/C26H19Br2NO2/c1-14-11-12-16(13-15(14)2)29-23(30)21-22(24(29)31)26(28)18-8-4-3-7-17(18)25(21,27)19-9-5-6-10-20(19)26/h3-13,21-22H,1-2H3/t21-,22-,25?,26?/m0/s1. The molecule has 3 aromatic carbocycles. The Bertz CT molecular complexity index is 1190. The van der Waals surface area contributed by atoms with Crippen molar-refractivity contribution in [1.29, 1.82) is 0 Å². The highest BCUT2D eigenvalue weighted by Gasteiger charge is 2.72. The van der Waals surface area contributed by atoms with Crippen molar-refractivity contribution in [3.8, 4) is 0 Å². The Hall–Kier alpha value is -2.24. The van der Waals surface area contributed by atoms with E-state index in [1.165, 1.54) is 4.90 Å². The molecule has 2 amide bonds. The molecule has 31 heavy (non-hydrogen) atoms. The zero-order valence-electron chi connectivity index (χ0n) is 17.0. The molecule has 0 unspecified atom stereocenters. The Morgan fingerprint density at radius 1 is 0.677 bits per heavy atom. The Kier molecular flexibility index (Phi) is 3.87. The second kappa shape index (κ2) is 6.17. The summed E-state index contributed by atoms with van der Waals surface area (Å²) >= 11 is 8.07. The van der Waals surface area contributed by atoms with Gasteiger partial charge in [0.1, 0.15) is 0 Å². The molecule has 0 saturated carbocycles. The largest absolute Gasteiger partial charge is 0.274 e. The number of benzene rings is 3. The van der Waals surface area contributed by atoms with Gasteiger partial charge in [0.05, 0.1) is 26.2 Å². The van der Waals surface area contributed by atoms with Crippen LogP contribution in [0.1, 0.15) is 33.4 Å². The molecule has 1 fully saturated rings. The number of carbonyl (C=O) groups excluding carboxylic acids is 2. The number of rotatable bonds is 1. The quantitative estimate of drug-likeness (QED) is 0.295. The second-order valence-corrected chi connectivity index (χ2v) is 11.3. The maximum absolute atomic E-state index is 14.0. The van der Waals surface area contributed by atoms with Crippen molar-refractivity contribution >= 4 is 49.4 Å². The SMILES string of the molecule is Cc1ccc(N2C(=O)[C@@H]3[C@@H](C2=O)C2(Br)c4ccccc4C3(Br)c3ccccc32)cc1C. The van der Waals surface area contributed by atoms with Crippen LogP contribution in [0, 0.1) is 25.7 Å². The number of halogens is 2. The Balaban J connectivity index is 1.65. The van der Waals surface area contributed by atoms with E-state index in [2.05, 4.69) is 56.1 Å². The van der Waals surface area contributed by atoms with E-state index in [9.17, 15) is 9.59 Å². The third-order valence-corrected chi connectivity index (χ3v) is 10.0. The molecule has 7 rings (SSSR count). The zero-order chi connectivity index (χ0) is 21.7. The fraction of sp³-hybridized carbons (Fsp3) is 0.231. The van der Waals surface area contributed by atoms with E-state index in [1.807, 2.05) is 56.3 Å². The highest BCUT2D eigenvalue weighted by Crippen LogP contribution is 2.70. The molecule has 3 aromatic rings. The fourth-order valence-corrected chi connectivity index (χ4v) is 8.09. The number of hydrogen-bond donors (Lipinski definition) is 0. The van der Waals surface area contributed by atoms with Crippen molar-refractivity contribution in [3.05, 3.63) is 100 Å². The molecule has 1 heterocycles. The number of alkyl halides is 2. The molecular weight excluding hydrogens is 518 g/mol. The highest BCUT2D eigenvalue weighted by molar-refractivity contribution is 9.10. The molecule has 0 N–H and O–H groups in total. The predicted molar refractivity (Wildman–Crippen MR) is 128 cm³/mol. The first-order valence-corrected chi connectivity index (χ1v) is 11.9. The number of amides is 2. The lowest BCUT2D eigenvalue weighted by atomic mass is 9.54. The van der Waals surface area contributed by atoms with Gasteiger partial charge in [-0.25, -0.2) is 4.90 Å². The number of hydrogen-bond acceptors (Lipinski definition) is 2. The zero-order valence-corrected chi connectivity index (χ0v) is 20.2. The highest BCUT2D eigenvalue weighted by atomic mass is 79.9. The summed E-state index contributed by atoms with van der Waals surface area (Å²) in [6.07, 6.45) is 0. The molecule has 1 saturated heterocycles. The third-order valence-electron chi connectivity index (χ3n) is 7.33. The third kappa shape index (κ3) is 2.14. The van der Waals surface area contributed by atoms with Crippen LogP contribution in [0.25, 0.3) is 0 Å². The number of imide groups is 1. The maximum atomic E-state index is 14.0. The lowest BCUT2D eigenvalue weighted by Gasteiger charge is -2.55. The summed E-state index contributed by atoms with van der Waals surface area (Å²) in [6, 6.07) is 22.1. The van der Waals surface area contributed by atoms with Gasteiger partial charge >= 0.3 is 0 Å². The van der Waals surface area contributed by atoms with Gasteiger partial charge in [-0.3, -0.25) is 9.59 Å². The van der Waals surface area contributed by atoms with Gasteiger partial charge in [-0.05, 0) is 59.4 Å². The molecule has 4 aliphatic rings. The molecule has 5 heteroatoms. The molecule has 3 aliphatic carbocycles. The number of carbonyl (C=O) groups is 2. The van der Waals surface area contributed by atoms with Crippen molar-refractivity contribution < 1.29 is 9.59 Å². The van der Waals surface area contributed by atoms with Gasteiger partial charge in [0.25, 0.3) is 0 Å². The van der Waals surface area contributed by atoms with E-state index in [-0.39, 0.29) is 11.8 Å². The molecule has 154 valence electrons. The molecular formula is C26H19Br2NO2. The normalized spacial score (nSPS) is 30.3. The molecule has 1 aliphatic heterocycles. The van der Waals surface area contributed by atoms with Crippen molar-refractivity contribution in [2.24, 2.45) is 11.8 Å². The van der Waals surface area contributed by atoms with Crippen LogP contribution in [0.5, 0.6) is 0 Å². The van der Waals surface area contributed by atoms with E-state index >= 15 is 0 Å². The fourth-order valence-electron chi connectivity index (χ4n) is 5.79. The average Bonchev–Trinajstić information content (AvgIpc) is 3.05. The minimum Gasteiger partial charge on any atom is -0.274 e. The van der Waals surface area contributed by atoms with Gasteiger partial charge in [-0.15, -0.1) is 0 Å². The first kappa shape index (κ1) is 19.4. The van der Waals surface area contributed by atoms with Gasteiger partial charge < -0.3 is 0 Å². The maximum Gasteiger partial charge on any atom is 0.239 e. The molecule has 0 radical (unpaired) electrons. The summed E-state index contributed by atoms with van der Waals surface area (Å²) in [5.74, 6) is -1.37. The van der Waals surface area contributed by atoms with Gasteiger partial charge in [0.2, 0.25) is 11.8 Å². The van der Waals surface area contributed by atoms with Crippen LogP contribution >= 0.6 is 31.9 Å². The number of nitrogens with zero attached hydrogens (tertiary/aromatic N) is 1. The smallest absolute Gasteiger partial charge is 0.239 e. The summed E-state index contributed by atoms with van der Waals surface area (Å²) < 4.78 is -1.50. The van der Waals surface area contributed by atoms with Crippen molar-refractivity contribution in [1.82, 2.24) is 0 Å². The lowest BCUT2D eigenvalue weighted by Crippen LogP contribution is -2.56. The summed E-state index contributed by atoms with van der Waals surface area (Å²) in [5.41, 5.74) is 7.04. The number of aryl methyl sites for hydroxylation is 2. The van der Waals surface area contributed by atoms with Crippen LogP contribution in [-0.2, 0) is 18.2 Å². The monoisotopic (exact) mass is 535 g/mol. The van der Waals surface area contributed by atoms with Crippen molar-refractivity contribution in [2.75, 3.05) is 4.90 Å². The topological polar surface area (TPSA) is 37.4 Å². The van der Waals surface area contributed by atoms with Gasteiger partial charge in [0, 0.05) is 0 Å². The van der Waals surface area contributed by atoms with E-state index in [4.69, 9.17) is 0 Å². The second-order valence-electron chi connectivity index (χ2n) is 8.75. The van der Waals surface area contributed by atoms with Crippen LogP contribution in [-0.4, -0.2) is 11.8 Å². The number of anilines is 1. The lowest BCUT2D eigenvalue weighted by molar-refractivity contribution is -0.122. The summed E-state index contributed by atoms with van der Waals surface area (Å²) in [5, 5.41) is 0. The minimum atomic E-state index is -0.748. The predicted octanol–water partition coefficient (Wildman–Crippen LogP) is 5.71. The Labute approximate surface area is 197 Å². The Morgan fingerprint density at radius 2 is 1.10 bits per heavy atom. The minimum absolute atomic E-state index is 0.150. The van der Waals surface area contributed by atoms with Crippen molar-refractivity contribution in [2.45, 2.75) is 22.5 Å². The van der Waals surface area contributed by atoms with Crippen LogP contribution in [0.15, 0.2) is 66.7 Å². The molecule has 0 aromatic heterocycles. The first-order valence-electron chi connectivity index (χ1n) is 10.3. The van der Waals surface area contributed by atoms with E-state index in [0.29, 0.717) is 5.69 Å². The van der Waals surface area contributed by atoms with Crippen LogP contribution < -0.4 is 4.90 Å². The Morgan fingerprint density at radius 3 is 1.48 bits per heavy atom. The first-order chi connectivity index (χ1) is 14.8. The van der Waals surface area contributed by atoms with Gasteiger partial charge in [-0.2, -0.15) is 0 Å².